The monoisotopic (exact) mass is 315 g/mol. The minimum atomic E-state index is 0.212. The zero-order valence-corrected chi connectivity index (χ0v) is 13.3. The number of aromatic nitrogens is 4. The quantitative estimate of drug-likeness (QED) is 0.832. The van der Waals surface area contributed by atoms with Gasteiger partial charge in [0.15, 0.2) is 5.82 Å². The Morgan fingerprint density at radius 1 is 1.17 bits per heavy atom. The number of hydrogen-bond donors (Lipinski definition) is 0. The normalized spacial score (nSPS) is 14.7. The Balaban J connectivity index is 1.52. The van der Waals surface area contributed by atoms with E-state index >= 15 is 0 Å². The van der Waals surface area contributed by atoms with E-state index in [-0.39, 0.29) is 5.91 Å². The second-order valence-electron chi connectivity index (χ2n) is 5.77. The van der Waals surface area contributed by atoms with Crippen molar-refractivity contribution in [1.82, 2.24) is 25.1 Å². The molecule has 1 fully saturated rings. The number of carbonyl (C=O) groups is 1. The molecule has 0 spiro atoms. The van der Waals surface area contributed by atoms with Crippen LogP contribution in [0.1, 0.15) is 30.7 Å². The van der Waals surface area contributed by atoms with E-state index in [1.807, 2.05) is 29.2 Å². The first-order chi connectivity index (χ1) is 11.2. The van der Waals surface area contributed by atoms with Gasteiger partial charge in [0.2, 0.25) is 5.91 Å². The first-order valence-electron chi connectivity index (χ1n) is 7.93. The number of likely N-dealkylation sites (tertiary alicyclic amines) is 1. The summed E-state index contributed by atoms with van der Waals surface area (Å²) >= 11 is 0. The number of tetrazole rings is 1. The number of aryl methyl sites for hydroxylation is 1. The van der Waals surface area contributed by atoms with Gasteiger partial charge in [0.25, 0.3) is 0 Å². The smallest absolute Gasteiger partial charge is 0.226 e. The summed E-state index contributed by atoms with van der Waals surface area (Å²) in [5, 5.41) is 11.2. The molecule has 0 saturated carbocycles. The van der Waals surface area contributed by atoms with Gasteiger partial charge in [-0.3, -0.25) is 4.79 Å². The molecule has 0 unspecified atom stereocenters. The van der Waals surface area contributed by atoms with Crippen molar-refractivity contribution in [3.05, 3.63) is 35.7 Å². The Morgan fingerprint density at radius 3 is 2.57 bits per heavy atom. The number of carbonyl (C=O) groups excluding carboxylic acids is 1. The van der Waals surface area contributed by atoms with Gasteiger partial charge in [-0.15, -0.1) is 5.10 Å². The maximum absolute atomic E-state index is 12.2. The van der Waals surface area contributed by atoms with Crippen LogP contribution in [0.4, 0.5) is 0 Å². The van der Waals surface area contributed by atoms with E-state index in [0.29, 0.717) is 18.9 Å². The number of hydrogen-bond acceptors (Lipinski definition) is 5. The molecule has 0 radical (unpaired) electrons. The van der Waals surface area contributed by atoms with E-state index in [2.05, 4.69) is 15.5 Å². The molecule has 0 atom stereocenters. The van der Waals surface area contributed by atoms with Gasteiger partial charge in [0.05, 0.1) is 6.42 Å². The Kier molecular flexibility index (Phi) is 4.85. The minimum Gasteiger partial charge on any atom is -0.486 e. The molecule has 0 N–H and O–H groups in total. The summed E-state index contributed by atoms with van der Waals surface area (Å²) in [6.07, 6.45) is 3.93. The SMILES string of the molecule is Cn1nnnc1COc1ccc(CC(=O)N2CCCCC2)cc1. The fourth-order valence-corrected chi connectivity index (χ4v) is 2.65. The third-order valence-corrected chi connectivity index (χ3v) is 4.06. The lowest BCUT2D eigenvalue weighted by Crippen LogP contribution is -2.36. The summed E-state index contributed by atoms with van der Waals surface area (Å²) < 4.78 is 7.22. The van der Waals surface area contributed by atoms with E-state index in [1.54, 1.807) is 11.7 Å². The van der Waals surface area contributed by atoms with Crippen LogP contribution in [0.5, 0.6) is 5.75 Å². The van der Waals surface area contributed by atoms with E-state index in [0.717, 1.165) is 37.2 Å². The predicted octanol–water partition coefficient (Wildman–Crippen LogP) is 1.34. The Morgan fingerprint density at radius 2 is 1.91 bits per heavy atom. The molecule has 7 nitrogen and oxygen atoms in total. The molecule has 0 bridgehead atoms. The molecule has 1 aliphatic heterocycles. The van der Waals surface area contributed by atoms with Crippen molar-refractivity contribution in [2.24, 2.45) is 7.05 Å². The molecule has 1 aliphatic rings. The van der Waals surface area contributed by atoms with Gasteiger partial charge >= 0.3 is 0 Å². The fraction of sp³-hybridized carbons (Fsp3) is 0.500. The zero-order valence-electron chi connectivity index (χ0n) is 13.3. The lowest BCUT2D eigenvalue weighted by atomic mass is 10.1. The van der Waals surface area contributed by atoms with Gasteiger partial charge in [-0.2, -0.15) is 0 Å². The first kappa shape index (κ1) is 15.5. The summed E-state index contributed by atoms with van der Waals surface area (Å²) in [6, 6.07) is 7.63. The molecule has 1 saturated heterocycles. The van der Waals surface area contributed by atoms with E-state index in [9.17, 15) is 4.79 Å². The van der Waals surface area contributed by atoms with Crippen LogP contribution in [0.2, 0.25) is 0 Å². The Labute approximate surface area is 135 Å². The van der Waals surface area contributed by atoms with Crippen molar-refractivity contribution in [2.45, 2.75) is 32.3 Å². The van der Waals surface area contributed by atoms with Crippen molar-refractivity contribution < 1.29 is 9.53 Å². The van der Waals surface area contributed by atoms with Crippen LogP contribution in [0.25, 0.3) is 0 Å². The number of amides is 1. The molecule has 1 amide bonds. The molecule has 7 heteroatoms. The highest BCUT2D eigenvalue weighted by atomic mass is 16.5. The summed E-state index contributed by atoms with van der Waals surface area (Å²) in [5.41, 5.74) is 1.01. The summed E-state index contributed by atoms with van der Waals surface area (Å²) in [6.45, 7) is 2.10. The second-order valence-corrected chi connectivity index (χ2v) is 5.77. The van der Waals surface area contributed by atoms with Gasteiger partial charge in [0, 0.05) is 20.1 Å². The second kappa shape index (κ2) is 7.21. The Hall–Kier alpha value is -2.44. The first-order valence-corrected chi connectivity index (χ1v) is 7.93. The minimum absolute atomic E-state index is 0.212. The van der Waals surface area contributed by atoms with Crippen LogP contribution < -0.4 is 4.74 Å². The highest BCUT2D eigenvalue weighted by molar-refractivity contribution is 5.78. The average molecular weight is 315 g/mol. The molecule has 0 aliphatic carbocycles. The summed E-state index contributed by atoms with van der Waals surface area (Å²) in [7, 11) is 1.77. The van der Waals surface area contributed by atoms with Gasteiger partial charge in [-0.25, -0.2) is 4.68 Å². The van der Waals surface area contributed by atoms with Crippen LogP contribution in [0.15, 0.2) is 24.3 Å². The molecule has 1 aromatic heterocycles. The lowest BCUT2D eigenvalue weighted by Gasteiger charge is -2.26. The van der Waals surface area contributed by atoms with Crippen LogP contribution in [0.3, 0.4) is 0 Å². The van der Waals surface area contributed by atoms with E-state index in [4.69, 9.17) is 4.74 Å². The number of ether oxygens (including phenoxy) is 1. The largest absolute Gasteiger partial charge is 0.486 e. The van der Waals surface area contributed by atoms with Crippen molar-refractivity contribution in [2.75, 3.05) is 13.1 Å². The average Bonchev–Trinajstić information content (AvgIpc) is 3.00. The van der Waals surface area contributed by atoms with Crippen LogP contribution in [-0.4, -0.2) is 44.1 Å². The van der Waals surface area contributed by atoms with Crippen LogP contribution >= 0.6 is 0 Å². The molecule has 1 aromatic carbocycles. The topological polar surface area (TPSA) is 73.1 Å². The van der Waals surface area contributed by atoms with E-state index < -0.39 is 0 Å². The maximum atomic E-state index is 12.2. The Bertz CT molecular complexity index is 647. The number of rotatable bonds is 5. The molecular weight excluding hydrogens is 294 g/mol. The van der Waals surface area contributed by atoms with Gasteiger partial charge in [-0.1, -0.05) is 12.1 Å². The van der Waals surface area contributed by atoms with Crippen molar-refractivity contribution >= 4 is 5.91 Å². The third kappa shape index (κ3) is 4.06. The summed E-state index contributed by atoms with van der Waals surface area (Å²) in [4.78, 5) is 14.2. The number of piperidine rings is 1. The third-order valence-electron chi connectivity index (χ3n) is 4.06. The van der Waals surface area contributed by atoms with Crippen molar-refractivity contribution in [3.8, 4) is 5.75 Å². The molecule has 23 heavy (non-hydrogen) atoms. The highest BCUT2D eigenvalue weighted by Gasteiger charge is 2.16. The van der Waals surface area contributed by atoms with E-state index in [1.165, 1.54) is 6.42 Å². The fourth-order valence-electron chi connectivity index (χ4n) is 2.65. The van der Waals surface area contributed by atoms with Gasteiger partial charge < -0.3 is 9.64 Å². The van der Waals surface area contributed by atoms with Crippen molar-refractivity contribution in [1.29, 1.82) is 0 Å². The van der Waals surface area contributed by atoms with Crippen molar-refractivity contribution in [3.63, 3.8) is 0 Å². The van der Waals surface area contributed by atoms with Gasteiger partial charge in [-0.05, 0) is 47.4 Å². The maximum Gasteiger partial charge on any atom is 0.226 e. The standard InChI is InChI=1S/C16H21N5O2/c1-20-15(17-18-19-20)12-23-14-7-5-13(6-8-14)11-16(22)21-9-3-2-4-10-21/h5-8H,2-4,9-12H2,1H3. The number of nitrogens with zero attached hydrogens (tertiary/aromatic N) is 5. The van der Waals surface area contributed by atoms with Gasteiger partial charge in [0.1, 0.15) is 12.4 Å². The summed E-state index contributed by atoms with van der Waals surface area (Å²) in [5.74, 6) is 1.61. The number of benzene rings is 1. The van der Waals surface area contributed by atoms with Crippen LogP contribution in [0, 0.1) is 0 Å². The molecule has 3 rings (SSSR count). The predicted molar refractivity (Wildman–Crippen MR) is 83.7 cm³/mol. The van der Waals surface area contributed by atoms with Crippen LogP contribution in [-0.2, 0) is 24.9 Å². The lowest BCUT2D eigenvalue weighted by molar-refractivity contribution is -0.131. The molecule has 2 heterocycles. The highest BCUT2D eigenvalue weighted by Crippen LogP contribution is 2.16. The zero-order chi connectivity index (χ0) is 16.1. The molecular formula is C16H21N5O2. The molecule has 122 valence electrons. The molecule has 2 aromatic rings.